The number of benzene rings is 6. The van der Waals surface area contributed by atoms with Crippen LogP contribution in [0.3, 0.4) is 0 Å². The number of rotatable bonds is 4. The molecule has 2 aromatic heterocycles. The molecule has 0 saturated carbocycles. The number of aromatic nitrogens is 2. The second-order valence-corrected chi connectivity index (χ2v) is 11.7. The minimum absolute atomic E-state index is 0.407. The zero-order valence-corrected chi connectivity index (χ0v) is 24.3. The first kappa shape index (κ1) is 24.9. The Balaban J connectivity index is 1.28. The van der Waals surface area contributed by atoms with Gasteiger partial charge in [-0.25, -0.2) is 0 Å². The van der Waals surface area contributed by atoms with Crippen LogP contribution in [-0.2, 0) is 0 Å². The maximum Gasteiger partial charge on any atom is 0.0548 e. The van der Waals surface area contributed by atoms with Gasteiger partial charge in [0.15, 0.2) is 0 Å². The summed E-state index contributed by atoms with van der Waals surface area (Å²) in [6, 6.07) is 52.8. The highest BCUT2D eigenvalue weighted by Crippen LogP contribution is 2.43. The van der Waals surface area contributed by atoms with Crippen LogP contribution in [0.1, 0.15) is 17.9 Å². The third-order valence-corrected chi connectivity index (χ3v) is 9.25. The van der Waals surface area contributed by atoms with Crippen molar-refractivity contribution in [2.24, 2.45) is 0 Å². The van der Waals surface area contributed by atoms with Gasteiger partial charge >= 0.3 is 0 Å². The Kier molecular flexibility index (Phi) is 5.67. The Hall–Kier alpha value is -5.60. The molecule has 8 aromatic rings. The van der Waals surface area contributed by atoms with Crippen molar-refractivity contribution in [3.8, 4) is 16.8 Å². The Bertz CT molecular complexity index is 2400. The molecule has 1 aliphatic carbocycles. The number of hydrogen-bond acceptors (Lipinski definition) is 0. The fourth-order valence-electron chi connectivity index (χ4n) is 7.25. The first-order chi connectivity index (χ1) is 21.8. The summed E-state index contributed by atoms with van der Waals surface area (Å²) in [5, 5.41) is 5.18. The van der Waals surface area contributed by atoms with Crippen LogP contribution in [0.2, 0.25) is 0 Å². The quantitative estimate of drug-likeness (QED) is 0.202. The average molecular weight is 563 g/mol. The highest BCUT2D eigenvalue weighted by Gasteiger charge is 2.21. The van der Waals surface area contributed by atoms with Gasteiger partial charge in [0.05, 0.1) is 22.1 Å². The van der Waals surface area contributed by atoms with E-state index < -0.39 is 0 Å². The summed E-state index contributed by atoms with van der Waals surface area (Å²) in [6.45, 7) is 0. The zero-order valence-electron chi connectivity index (χ0n) is 24.3. The van der Waals surface area contributed by atoms with E-state index in [1.807, 2.05) is 0 Å². The highest BCUT2D eigenvalue weighted by molar-refractivity contribution is 6.29. The molecule has 2 heteroatoms. The van der Waals surface area contributed by atoms with Crippen LogP contribution in [0.25, 0.3) is 66.1 Å². The van der Waals surface area contributed by atoms with Crippen molar-refractivity contribution in [2.45, 2.75) is 12.3 Å². The van der Waals surface area contributed by atoms with E-state index in [0.29, 0.717) is 5.92 Å². The van der Waals surface area contributed by atoms with Gasteiger partial charge in [0.25, 0.3) is 0 Å². The average Bonchev–Trinajstić information content (AvgIpc) is 3.62. The number of hydrogen-bond donors (Lipinski definition) is 0. The molecule has 2 heterocycles. The van der Waals surface area contributed by atoms with Gasteiger partial charge in [0.2, 0.25) is 0 Å². The molecule has 0 fully saturated rings. The van der Waals surface area contributed by atoms with Crippen LogP contribution in [-0.4, -0.2) is 9.13 Å². The van der Waals surface area contributed by atoms with Gasteiger partial charge in [-0.15, -0.1) is 0 Å². The number of para-hydroxylation sites is 2. The predicted octanol–water partition coefficient (Wildman–Crippen LogP) is 11.1. The van der Waals surface area contributed by atoms with Gasteiger partial charge < -0.3 is 9.13 Å². The minimum Gasteiger partial charge on any atom is -0.310 e. The summed E-state index contributed by atoms with van der Waals surface area (Å²) >= 11 is 0. The molecule has 208 valence electrons. The van der Waals surface area contributed by atoms with Gasteiger partial charge in [-0.3, -0.25) is 0 Å². The van der Waals surface area contributed by atoms with Crippen molar-refractivity contribution >= 4 is 49.3 Å². The van der Waals surface area contributed by atoms with Crippen molar-refractivity contribution < 1.29 is 0 Å². The molecule has 0 amide bonds. The second kappa shape index (κ2) is 10.00. The number of fused-ring (bicyclic) bond motifs is 7. The molecule has 0 N–H and O–H groups in total. The third-order valence-electron chi connectivity index (χ3n) is 9.25. The van der Waals surface area contributed by atoms with Gasteiger partial charge in [0, 0.05) is 38.8 Å². The van der Waals surface area contributed by atoms with Gasteiger partial charge in [-0.05, 0) is 65.6 Å². The van der Waals surface area contributed by atoms with Crippen LogP contribution in [0.4, 0.5) is 0 Å². The van der Waals surface area contributed by atoms with Crippen molar-refractivity contribution in [3.63, 3.8) is 0 Å². The maximum absolute atomic E-state index is 2.46. The van der Waals surface area contributed by atoms with Crippen molar-refractivity contribution in [1.82, 2.24) is 9.13 Å². The standard InChI is InChI=1S/C42H30N2/c1-3-12-29(13-4-1)31-22-24-33(25-23-31)43-37-20-9-7-18-35(37)41-39(43)26-27-40-42(41)36-19-8-10-21-38(36)44(40)34-17-11-16-32(28-34)30-14-5-2-6-15-30/h1-22,24-28,31H,23H2. The fraction of sp³-hybridized carbons (Fsp3) is 0.0476. The fourth-order valence-corrected chi connectivity index (χ4v) is 7.25. The molecule has 0 aliphatic heterocycles. The van der Waals surface area contributed by atoms with E-state index in [9.17, 15) is 0 Å². The predicted molar refractivity (Wildman–Crippen MR) is 186 cm³/mol. The van der Waals surface area contributed by atoms with E-state index >= 15 is 0 Å². The van der Waals surface area contributed by atoms with E-state index in [4.69, 9.17) is 0 Å². The first-order valence-corrected chi connectivity index (χ1v) is 15.4. The molecule has 44 heavy (non-hydrogen) atoms. The zero-order chi connectivity index (χ0) is 29.0. The Morgan fingerprint density at radius 1 is 0.477 bits per heavy atom. The summed E-state index contributed by atoms with van der Waals surface area (Å²) in [7, 11) is 0. The number of allylic oxidation sites excluding steroid dienone is 4. The van der Waals surface area contributed by atoms with Crippen molar-refractivity contribution in [1.29, 1.82) is 0 Å². The lowest BCUT2D eigenvalue weighted by atomic mass is 9.92. The van der Waals surface area contributed by atoms with Crippen molar-refractivity contribution in [3.05, 3.63) is 169 Å². The van der Waals surface area contributed by atoms with E-state index in [1.165, 1.54) is 71.7 Å². The largest absolute Gasteiger partial charge is 0.310 e. The normalized spacial score (nSPS) is 15.0. The Morgan fingerprint density at radius 3 is 1.75 bits per heavy atom. The lowest BCUT2D eigenvalue weighted by Crippen LogP contribution is -2.02. The highest BCUT2D eigenvalue weighted by atomic mass is 15.0. The molecule has 9 rings (SSSR count). The molecular weight excluding hydrogens is 532 g/mol. The molecule has 0 bridgehead atoms. The van der Waals surface area contributed by atoms with E-state index in [2.05, 4.69) is 173 Å². The van der Waals surface area contributed by atoms with Gasteiger partial charge in [-0.2, -0.15) is 0 Å². The first-order valence-electron chi connectivity index (χ1n) is 15.4. The van der Waals surface area contributed by atoms with Crippen molar-refractivity contribution in [2.75, 3.05) is 0 Å². The smallest absolute Gasteiger partial charge is 0.0548 e. The van der Waals surface area contributed by atoms with Crippen LogP contribution < -0.4 is 0 Å². The summed E-state index contributed by atoms with van der Waals surface area (Å²) in [5.41, 5.74) is 11.2. The topological polar surface area (TPSA) is 9.86 Å². The molecule has 1 atom stereocenters. The molecule has 1 aliphatic rings. The molecule has 6 aromatic carbocycles. The minimum atomic E-state index is 0.407. The third kappa shape index (κ3) is 3.81. The van der Waals surface area contributed by atoms with E-state index in [1.54, 1.807) is 0 Å². The summed E-state index contributed by atoms with van der Waals surface area (Å²) in [5.74, 6) is 0.407. The van der Waals surface area contributed by atoms with Gasteiger partial charge in [-0.1, -0.05) is 121 Å². The van der Waals surface area contributed by atoms with Gasteiger partial charge in [0.1, 0.15) is 0 Å². The van der Waals surface area contributed by atoms with E-state index in [-0.39, 0.29) is 0 Å². The monoisotopic (exact) mass is 562 g/mol. The summed E-state index contributed by atoms with van der Waals surface area (Å²) in [4.78, 5) is 0. The maximum atomic E-state index is 2.46. The lowest BCUT2D eigenvalue weighted by molar-refractivity contribution is 0.850. The summed E-state index contributed by atoms with van der Waals surface area (Å²) in [6.07, 6.45) is 8.08. The molecule has 0 radical (unpaired) electrons. The molecule has 1 unspecified atom stereocenters. The van der Waals surface area contributed by atoms with Crippen LogP contribution >= 0.6 is 0 Å². The Labute approximate surface area is 256 Å². The SMILES string of the molecule is C1=CC(c2ccccc2)CC=C1n1c2ccccc2c2c3c4ccccc4n(-c4cccc(-c5ccccc5)c4)c3ccc21. The molecular formula is C42H30N2. The van der Waals surface area contributed by atoms with Crippen LogP contribution in [0, 0.1) is 0 Å². The van der Waals surface area contributed by atoms with Crippen LogP contribution in [0.5, 0.6) is 0 Å². The Morgan fingerprint density at radius 2 is 1.07 bits per heavy atom. The van der Waals surface area contributed by atoms with E-state index in [0.717, 1.165) is 6.42 Å². The summed E-state index contributed by atoms with van der Waals surface area (Å²) < 4.78 is 4.90. The van der Waals surface area contributed by atoms with Crippen LogP contribution in [0.15, 0.2) is 164 Å². The lowest BCUT2D eigenvalue weighted by Gasteiger charge is -2.18. The molecule has 0 spiro atoms. The number of nitrogens with zero attached hydrogens (tertiary/aromatic N) is 2. The molecule has 2 nitrogen and oxygen atoms in total. The molecule has 0 saturated heterocycles. The second-order valence-electron chi connectivity index (χ2n) is 11.7.